The standard InChI is InChI=1S/C12H24N4O2/c1-4-6-9-10(13)11(16(3)15-9)14-12(5-2,7-17)8-18/h14,17-18H,4-8,13H2,1-3H3. The van der Waals surface area contributed by atoms with Crippen molar-refractivity contribution in [3.63, 3.8) is 0 Å². The molecule has 5 N–H and O–H groups in total. The highest BCUT2D eigenvalue weighted by Crippen LogP contribution is 2.27. The third-order valence-corrected chi connectivity index (χ3v) is 3.31. The van der Waals surface area contributed by atoms with Crippen molar-refractivity contribution < 1.29 is 10.2 Å². The van der Waals surface area contributed by atoms with Gasteiger partial charge < -0.3 is 21.3 Å². The van der Waals surface area contributed by atoms with Crippen LogP contribution >= 0.6 is 0 Å². The minimum atomic E-state index is -0.759. The number of aromatic nitrogens is 2. The van der Waals surface area contributed by atoms with Crippen molar-refractivity contribution in [2.24, 2.45) is 7.05 Å². The summed E-state index contributed by atoms with van der Waals surface area (Å²) in [6, 6.07) is 0. The summed E-state index contributed by atoms with van der Waals surface area (Å²) in [6.07, 6.45) is 2.38. The summed E-state index contributed by atoms with van der Waals surface area (Å²) in [6.45, 7) is 3.65. The first-order valence-corrected chi connectivity index (χ1v) is 6.34. The van der Waals surface area contributed by atoms with Crippen LogP contribution in [0.4, 0.5) is 11.5 Å². The zero-order chi connectivity index (χ0) is 13.8. The molecule has 6 heteroatoms. The van der Waals surface area contributed by atoms with E-state index < -0.39 is 5.54 Å². The summed E-state index contributed by atoms with van der Waals surface area (Å²) >= 11 is 0. The van der Waals surface area contributed by atoms with E-state index in [1.165, 1.54) is 0 Å². The van der Waals surface area contributed by atoms with Gasteiger partial charge in [0.2, 0.25) is 0 Å². The van der Waals surface area contributed by atoms with Crippen LogP contribution in [0.1, 0.15) is 32.4 Å². The Morgan fingerprint density at radius 3 is 2.39 bits per heavy atom. The van der Waals surface area contributed by atoms with Gasteiger partial charge >= 0.3 is 0 Å². The number of aliphatic hydroxyl groups is 2. The van der Waals surface area contributed by atoms with Gasteiger partial charge in [-0.15, -0.1) is 0 Å². The predicted molar refractivity (Wildman–Crippen MR) is 72.4 cm³/mol. The van der Waals surface area contributed by atoms with Crippen molar-refractivity contribution in [3.8, 4) is 0 Å². The van der Waals surface area contributed by atoms with Crippen molar-refractivity contribution in [2.45, 2.75) is 38.6 Å². The van der Waals surface area contributed by atoms with E-state index in [-0.39, 0.29) is 13.2 Å². The van der Waals surface area contributed by atoms with Crippen LogP contribution in [0.15, 0.2) is 0 Å². The molecule has 0 radical (unpaired) electrons. The van der Waals surface area contributed by atoms with Gasteiger partial charge in [0.1, 0.15) is 5.82 Å². The largest absolute Gasteiger partial charge is 0.394 e. The topological polar surface area (TPSA) is 96.3 Å². The lowest BCUT2D eigenvalue weighted by molar-refractivity contribution is 0.132. The van der Waals surface area contributed by atoms with E-state index in [9.17, 15) is 10.2 Å². The number of aryl methyl sites for hydroxylation is 2. The maximum atomic E-state index is 9.44. The molecule has 0 aliphatic rings. The Bertz CT molecular complexity index is 377. The van der Waals surface area contributed by atoms with Crippen molar-refractivity contribution in [2.75, 3.05) is 24.3 Å². The van der Waals surface area contributed by atoms with E-state index >= 15 is 0 Å². The smallest absolute Gasteiger partial charge is 0.148 e. The molecule has 18 heavy (non-hydrogen) atoms. The van der Waals surface area contributed by atoms with Gasteiger partial charge in [-0.1, -0.05) is 20.3 Å². The molecule has 0 aliphatic carbocycles. The number of nitrogen functional groups attached to an aromatic ring is 1. The molecular formula is C12H24N4O2. The molecule has 1 aromatic heterocycles. The molecule has 6 nitrogen and oxygen atoms in total. The van der Waals surface area contributed by atoms with Crippen molar-refractivity contribution in [1.82, 2.24) is 9.78 Å². The number of rotatable bonds is 7. The number of nitrogens with one attached hydrogen (secondary N) is 1. The zero-order valence-corrected chi connectivity index (χ0v) is 11.4. The van der Waals surface area contributed by atoms with Crippen LogP contribution in [0.2, 0.25) is 0 Å². The number of aliphatic hydroxyl groups excluding tert-OH is 2. The van der Waals surface area contributed by atoms with E-state index in [4.69, 9.17) is 5.73 Å². The summed E-state index contributed by atoms with van der Waals surface area (Å²) in [4.78, 5) is 0. The van der Waals surface area contributed by atoms with Crippen molar-refractivity contribution in [1.29, 1.82) is 0 Å². The number of hydrogen-bond acceptors (Lipinski definition) is 5. The SMILES string of the molecule is CCCc1nn(C)c(NC(CC)(CO)CO)c1N. The van der Waals surface area contributed by atoms with Gasteiger partial charge in [-0.05, 0) is 12.8 Å². The van der Waals surface area contributed by atoms with Crippen LogP contribution in [0, 0.1) is 0 Å². The Hall–Kier alpha value is -1.27. The summed E-state index contributed by atoms with van der Waals surface area (Å²) in [5.41, 5.74) is 6.74. The van der Waals surface area contributed by atoms with Gasteiger partial charge in [0.25, 0.3) is 0 Å². The van der Waals surface area contributed by atoms with E-state index in [2.05, 4.69) is 17.3 Å². The number of hydrogen-bond donors (Lipinski definition) is 4. The third kappa shape index (κ3) is 2.76. The van der Waals surface area contributed by atoms with E-state index in [1.54, 1.807) is 11.7 Å². The summed E-state index contributed by atoms with van der Waals surface area (Å²) in [5.74, 6) is 0.656. The number of nitrogens with zero attached hydrogens (tertiary/aromatic N) is 2. The molecule has 104 valence electrons. The Morgan fingerprint density at radius 2 is 1.94 bits per heavy atom. The van der Waals surface area contributed by atoms with E-state index in [0.29, 0.717) is 17.9 Å². The Morgan fingerprint density at radius 1 is 1.33 bits per heavy atom. The van der Waals surface area contributed by atoms with E-state index in [1.807, 2.05) is 6.92 Å². The second kappa shape index (κ2) is 6.06. The fraction of sp³-hybridized carbons (Fsp3) is 0.750. The summed E-state index contributed by atoms with van der Waals surface area (Å²) in [7, 11) is 1.80. The van der Waals surface area contributed by atoms with Gasteiger partial charge in [0, 0.05) is 7.05 Å². The monoisotopic (exact) mass is 256 g/mol. The highest BCUT2D eigenvalue weighted by Gasteiger charge is 2.29. The molecule has 0 aliphatic heterocycles. The summed E-state index contributed by atoms with van der Waals surface area (Å²) < 4.78 is 1.66. The minimum absolute atomic E-state index is 0.159. The predicted octanol–water partition coefficient (Wildman–Crippen LogP) is 0.500. The molecule has 1 aromatic rings. The van der Waals surface area contributed by atoms with Crippen molar-refractivity contribution in [3.05, 3.63) is 5.69 Å². The second-order valence-electron chi connectivity index (χ2n) is 4.66. The van der Waals surface area contributed by atoms with Crippen LogP contribution in [-0.2, 0) is 13.5 Å². The Kier molecular flexibility index (Phi) is 4.98. The first-order valence-electron chi connectivity index (χ1n) is 6.34. The molecule has 0 unspecified atom stereocenters. The van der Waals surface area contributed by atoms with Crippen LogP contribution in [0.3, 0.4) is 0 Å². The fourth-order valence-electron chi connectivity index (χ4n) is 1.86. The minimum Gasteiger partial charge on any atom is -0.394 e. The Labute approximate surface area is 108 Å². The Balaban J connectivity index is 3.03. The summed E-state index contributed by atoms with van der Waals surface area (Å²) in [5, 5.41) is 26.4. The average Bonchev–Trinajstić information content (AvgIpc) is 2.64. The van der Waals surface area contributed by atoms with Crippen LogP contribution in [0.25, 0.3) is 0 Å². The maximum absolute atomic E-state index is 9.44. The van der Waals surface area contributed by atoms with Crippen LogP contribution in [-0.4, -0.2) is 38.7 Å². The van der Waals surface area contributed by atoms with Gasteiger partial charge in [0.15, 0.2) is 0 Å². The quantitative estimate of drug-likeness (QED) is 0.570. The van der Waals surface area contributed by atoms with E-state index in [0.717, 1.165) is 18.5 Å². The molecule has 0 saturated heterocycles. The highest BCUT2D eigenvalue weighted by molar-refractivity contribution is 5.66. The lowest BCUT2D eigenvalue weighted by Gasteiger charge is -2.30. The number of anilines is 2. The second-order valence-corrected chi connectivity index (χ2v) is 4.66. The zero-order valence-electron chi connectivity index (χ0n) is 11.4. The van der Waals surface area contributed by atoms with Gasteiger partial charge in [-0.3, -0.25) is 4.68 Å². The first kappa shape index (κ1) is 14.8. The lowest BCUT2D eigenvalue weighted by Crippen LogP contribution is -2.45. The molecule has 1 heterocycles. The fourth-order valence-corrected chi connectivity index (χ4v) is 1.86. The molecule has 0 spiro atoms. The molecule has 1 rings (SSSR count). The molecule has 0 saturated carbocycles. The highest BCUT2D eigenvalue weighted by atomic mass is 16.3. The van der Waals surface area contributed by atoms with Crippen LogP contribution < -0.4 is 11.1 Å². The van der Waals surface area contributed by atoms with Gasteiger partial charge in [-0.2, -0.15) is 5.10 Å². The molecule has 0 aromatic carbocycles. The lowest BCUT2D eigenvalue weighted by atomic mass is 9.98. The maximum Gasteiger partial charge on any atom is 0.148 e. The van der Waals surface area contributed by atoms with Crippen molar-refractivity contribution >= 4 is 11.5 Å². The normalized spacial score (nSPS) is 11.8. The molecule has 0 atom stereocenters. The first-order chi connectivity index (χ1) is 8.53. The third-order valence-electron chi connectivity index (χ3n) is 3.31. The van der Waals surface area contributed by atoms with Gasteiger partial charge in [-0.25, -0.2) is 0 Å². The molecule has 0 amide bonds. The number of nitrogens with two attached hydrogens (primary N) is 1. The molecular weight excluding hydrogens is 232 g/mol. The molecule has 0 bridgehead atoms. The van der Waals surface area contributed by atoms with Gasteiger partial charge in [0.05, 0.1) is 30.1 Å². The van der Waals surface area contributed by atoms with Crippen LogP contribution in [0.5, 0.6) is 0 Å². The average molecular weight is 256 g/mol. The molecule has 0 fully saturated rings.